The van der Waals surface area contributed by atoms with E-state index in [4.69, 9.17) is 0 Å². The molecule has 1 aromatic heterocycles. The maximum absolute atomic E-state index is 12.6. The van der Waals surface area contributed by atoms with Gasteiger partial charge in [-0.15, -0.1) is 11.3 Å². The third-order valence-corrected chi connectivity index (χ3v) is 6.85. The van der Waals surface area contributed by atoms with Gasteiger partial charge in [-0.3, -0.25) is 4.79 Å². The minimum atomic E-state index is -3.52. The van der Waals surface area contributed by atoms with Gasteiger partial charge in [-0.05, 0) is 42.5 Å². The third kappa shape index (κ3) is 5.39. The lowest BCUT2D eigenvalue weighted by Crippen LogP contribution is -2.30. The van der Waals surface area contributed by atoms with Gasteiger partial charge in [0.1, 0.15) is 0 Å². The van der Waals surface area contributed by atoms with Crippen molar-refractivity contribution in [1.82, 2.24) is 4.31 Å². The number of aryl methyl sites for hydroxylation is 1. The minimum Gasteiger partial charge on any atom is -0.326 e. The predicted molar refractivity (Wildman–Crippen MR) is 102 cm³/mol. The summed E-state index contributed by atoms with van der Waals surface area (Å²) < 4.78 is 26.5. The lowest BCUT2D eigenvalue weighted by atomic mass is 10.2. The molecule has 1 aromatic carbocycles. The van der Waals surface area contributed by atoms with Crippen molar-refractivity contribution in [2.75, 3.05) is 18.4 Å². The molecule has 0 bridgehead atoms. The van der Waals surface area contributed by atoms with Gasteiger partial charge < -0.3 is 5.32 Å². The van der Waals surface area contributed by atoms with Crippen LogP contribution in [0.3, 0.4) is 0 Å². The van der Waals surface area contributed by atoms with Gasteiger partial charge in [0.05, 0.1) is 4.90 Å². The Morgan fingerprint density at radius 1 is 1.16 bits per heavy atom. The first-order chi connectivity index (χ1) is 12.0. The topological polar surface area (TPSA) is 66.5 Å². The highest BCUT2D eigenvalue weighted by molar-refractivity contribution is 7.89. The molecule has 1 N–H and O–H groups in total. The molecule has 5 nitrogen and oxygen atoms in total. The molecule has 0 aliphatic rings. The van der Waals surface area contributed by atoms with Crippen molar-refractivity contribution in [3.8, 4) is 0 Å². The van der Waals surface area contributed by atoms with E-state index in [9.17, 15) is 13.2 Å². The second-order valence-corrected chi connectivity index (χ2v) is 8.57. The molecule has 0 saturated carbocycles. The Labute approximate surface area is 153 Å². The summed E-state index contributed by atoms with van der Waals surface area (Å²) >= 11 is 1.69. The van der Waals surface area contributed by atoms with E-state index in [1.807, 2.05) is 11.4 Å². The summed E-state index contributed by atoms with van der Waals surface area (Å²) in [6.07, 6.45) is 2.05. The van der Waals surface area contributed by atoms with E-state index in [1.54, 1.807) is 43.4 Å². The van der Waals surface area contributed by atoms with Gasteiger partial charge in [0, 0.05) is 30.1 Å². The van der Waals surface area contributed by atoms with Crippen LogP contribution >= 0.6 is 11.3 Å². The molecule has 0 fully saturated rings. The van der Waals surface area contributed by atoms with E-state index in [0.29, 0.717) is 25.2 Å². The second kappa shape index (κ2) is 9.12. The number of thiophene rings is 1. The van der Waals surface area contributed by atoms with Crippen LogP contribution in [0.5, 0.6) is 0 Å². The van der Waals surface area contributed by atoms with Crippen molar-refractivity contribution in [1.29, 1.82) is 0 Å². The van der Waals surface area contributed by atoms with Gasteiger partial charge in [0.25, 0.3) is 0 Å². The van der Waals surface area contributed by atoms with Gasteiger partial charge in [-0.2, -0.15) is 4.31 Å². The van der Waals surface area contributed by atoms with Crippen LogP contribution in [0.15, 0.2) is 46.7 Å². The smallest absolute Gasteiger partial charge is 0.243 e. The number of hydrogen-bond acceptors (Lipinski definition) is 4. The van der Waals surface area contributed by atoms with Crippen molar-refractivity contribution in [2.24, 2.45) is 0 Å². The van der Waals surface area contributed by atoms with Crippen LogP contribution < -0.4 is 5.32 Å². The highest BCUT2D eigenvalue weighted by Crippen LogP contribution is 2.20. The van der Waals surface area contributed by atoms with E-state index < -0.39 is 10.0 Å². The third-order valence-electron chi connectivity index (χ3n) is 3.87. The zero-order valence-electron chi connectivity index (χ0n) is 14.6. The fourth-order valence-corrected chi connectivity index (χ4v) is 4.80. The largest absolute Gasteiger partial charge is 0.326 e. The molecule has 0 atom stereocenters. The molecule has 0 aliphatic carbocycles. The molecule has 2 rings (SSSR count). The number of benzene rings is 1. The highest BCUT2D eigenvalue weighted by atomic mass is 32.2. The van der Waals surface area contributed by atoms with Crippen LogP contribution in [0, 0.1) is 0 Å². The SMILES string of the molecule is CCN(CC)S(=O)(=O)c1cccc(NC(=O)CCCc2cccs2)c1. The first-order valence-electron chi connectivity index (χ1n) is 8.39. The zero-order chi connectivity index (χ0) is 18.3. The Bertz CT molecular complexity index is 782. The summed E-state index contributed by atoms with van der Waals surface area (Å²) in [5.41, 5.74) is 0.509. The summed E-state index contributed by atoms with van der Waals surface area (Å²) in [4.78, 5) is 13.5. The Kier molecular flexibility index (Phi) is 7.16. The fourth-order valence-electron chi connectivity index (χ4n) is 2.55. The first kappa shape index (κ1) is 19.6. The van der Waals surface area contributed by atoms with Crippen LogP contribution in [0.2, 0.25) is 0 Å². The molecular formula is C18H24N2O3S2. The summed E-state index contributed by atoms with van der Waals surface area (Å²) in [6.45, 7) is 4.44. The normalized spacial score (nSPS) is 11.6. The number of sulfonamides is 1. The Hall–Kier alpha value is -1.70. The van der Waals surface area contributed by atoms with E-state index in [2.05, 4.69) is 11.4 Å². The van der Waals surface area contributed by atoms with Gasteiger partial charge in [-0.1, -0.05) is 26.0 Å². The average molecular weight is 381 g/mol. The number of rotatable bonds is 9. The van der Waals surface area contributed by atoms with Gasteiger partial charge in [0.15, 0.2) is 0 Å². The van der Waals surface area contributed by atoms with Crippen molar-refractivity contribution in [2.45, 2.75) is 38.0 Å². The van der Waals surface area contributed by atoms with Crippen LogP contribution in [0.25, 0.3) is 0 Å². The lowest BCUT2D eigenvalue weighted by molar-refractivity contribution is -0.116. The quantitative estimate of drug-likeness (QED) is 0.721. The van der Waals surface area contributed by atoms with Crippen LogP contribution in [-0.2, 0) is 21.2 Å². The number of nitrogens with zero attached hydrogens (tertiary/aromatic N) is 1. The number of anilines is 1. The Morgan fingerprint density at radius 2 is 1.92 bits per heavy atom. The number of nitrogens with one attached hydrogen (secondary N) is 1. The second-order valence-electron chi connectivity index (χ2n) is 5.60. The lowest BCUT2D eigenvalue weighted by Gasteiger charge is -2.18. The van der Waals surface area contributed by atoms with Crippen LogP contribution in [0.4, 0.5) is 5.69 Å². The van der Waals surface area contributed by atoms with Crippen LogP contribution in [0.1, 0.15) is 31.6 Å². The molecule has 136 valence electrons. The van der Waals surface area contributed by atoms with Crippen molar-refractivity contribution in [3.63, 3.8) is 0 Å². The standard InChI is InChI=1S/C18H24N2O3S2/c1-3-20(4-2)25(22,23)17-11-5-8-15(14-17)19-18(21)12-6-9-16-10-7-13-24-16/h5,7-8,10-11,13-14H,3-4,6,9,12H2,1-2H3,(H,19,21). The molecule has 0 aliphatic heterocycles. The van der Waals surface area contributed by atoms with E-state index >= 15 is 0 Å². The molecule has 7 heteroatoms. The predicted octanol–water partition coefficient (Wildman–Crippen LogP) is 3.74. The maximum Gasteiger partial charge on any atom is 0.243 e. The molecule has 0 unspecified atom stereocenters. The maximum atomic E-state index is 12.6. The molecule has 0 spiro atoms. The summed E-state index contributed by atoms with van der Waals surface area (Å²) in [5.74, 6) is -0.103. The summed E-state index contributed by atoms with van der Waals surface area (Å²) in [6, 6.07) is 10.5. The molecule has 0 saturated heterocycles. The monoisotopic (exact) mass is 380 g/mol. The molecule has 2 aromatic rings. The van der Waals surface area contributed by atoms with Gasteiger partial charge >= 0.3 is 0 Å². The minimum absolute atomic E-state index is 0.103. The molecule has 0 radical (unpaired) electrons. The summed E-state index contributed by atoms with van der Waals surface area (Å²) in [7, 11) is -3.52. The number of carbonyl (C=O) groups excluding carboxylic acids is 1. The Balaban J connectivity index is 1.97. The number of amides is 1. The Morgan fingerprint density at radius 3 is 2.56 bits per heavy atom. The molecule has 1 heterocycles. The zero-order valence-corrected chi connectivity index (χ0v) is 16.2. The highest BCUT2D eigenvalue weighted by Gasteiger charge is 2.21. The van der Waals surface area contributed by atoms with Crippen molar-refractivity contribution in [3.05, 3.63) is 46.7 Å². The van der Waals surface area contributed by atoms with Crippen molar-refractivity contribution >= 4 is 33.0 Å². The summed E-state index contributed by atoms with van der Waals surface area (Å²) in [5, 5.41) is 4.82. The molecule has 1 amide bonds. The number of carbonyl (C=O) groups is 1. The van der Waals surface area contributed by atoms with Gasteiger partial charge in [-0.25, -0.2) is 8.42 Å². The molecule has 25 heavy (non-hydrogen) atoms. The average Bonchev–Trinajstić information content (AvgIpc) is 3.09. The first-order valence-corrected chi connectivity index (χ1v) is 10.7. The van der Waals surface area contributed by atoms with Crippen molar-refractivity contribution < 1.29 is 13.2 Å². The van der Waals surface area contributed by atoms with E-state index in [1.165, 1.54) is 15.2 Å². The fraction of sp³-hybridized carbons (Fsp3) is 0.389. The van der Waals surface area contributed by atoms with E-state index in [-0.39, 0.29) is 10.8 Å². The van der Waals surface area contributed by atoms with E-state index in [0.717, 1.165) is 12.8 Å². The molecular weight excluding hydrogens is 356 g/mol. The number of hydrogen-bond donors (Lipinski definition) is 1. The van der Waals surface area contributed by atoms with Crippen LogP contribution in [-0.4, -0.2) is 31.7 Å². The van der Waals surface area contributed by atoms with Gasteiger partial charge in [0.2, 0.25) is 15.9 Å².